The van der Waals surface area contributed by atoms with Gasteiger partial charge in [-0.3, -0.25) is 9.48 Å². The number of thioether (sulfide) groups is 1. The summed E-state index contributed by atoms with van der Waals surface area (Å²) in [4.78, 5) is 18.4. The van der Waals surface area contributed by atoms with Crippen molar-refractivity contribution in [1.82, 2.24) is 19.7 Å². The molecule has 6 heteroatoms. The molecule has 2 heterocycles. The fourth-order valence-corrected chi connectivity index (χ4v) is 2.75. The van der Waals surface area contributed by atoms with E-state index in [-0.39, 0.29) is 5.56 Å². The molecule has 5 nitrogen and oxygen atoms in total. The molecule has 0 bridgehead atoms. The average molecular weight is 264 g/mol. The van der Waals surface area contributed by atoms with Crippen LogP contribution in [0.25, 0.3) is 0 Å². The molecule has 0 fully saturated rings. The van der Waals surface area contributed by atoms with Crippen LogP contribution in [0.5, 0.6) is 0 Å². The van der Waals surface area contributed by atoms with Crippen molar-refractivity contribution < 1.29 is 0 Å². The van der Waals surface area contributed by atoms with Crippen LogP contribution in [0.15, 0.2) is 22.2 Å². The molecule has 0 atom stereocenters. The summed E-state index contributed by atoms with van der Waals surface area (Å²) in [7, 11) is 0. The maximum absolute atomic E-state index is 11.3. The molecule has 0 aliphatic rings. The van der Waals surface area contributed by atoms with E-state index in [2.05, 4.69) is 22.0 Å². The predicted molar refractivity (Wildman–Crippen MR) is 71.8 cm³/mol. The van der Waals surface area contributed by atoms with Crippen molar-refractivity contribution in [2.45, 2.75) is 38.2 Å². The number of hydrogen-bond acceptors (Lipinski definition) is 4. The van der Waals surface area contributed by atoms with Crippen molar-refractivity contribution in [2.24, 2.45) is 0 Å². The molecule has 1 N–H and O–H groups in total. The molecule has 96 valence electrons. The first-order valence-electron chi connectivity index (χ1n) is 5.82. The topological polar surface area (TPSA) is 63.6 Å². The molecule has 0 aromatic carbocycles. The number of nitrogens with one attached hydrogen (secondary N) is 1. The minimum atomic E-state index is -0.106. The molecule has 0 amide bonds. The minimum absolute atomic E-state index is 0.106. The van der Waals surface area contributed by atoms with E-state index in [0.717, 1.165) is 18.0 Å². The van der Waals surface area contributed by atoms with Crippen molar-refractivity contribution in [2.75, 3.05) is 0 Å². The van der Waals surface area contributed by atoms with E-state index in [1.807, 2.05) is 24.7 Å². The molecule has 0 aliphatic carbocycles. The molecule has 0 saturated carbocycles. The third-order valence-electron chi connectivity index (χ3n) is 2.65. The Morgan fingerprint density at radius 1 is 1.44 bits per heavy atom. The van der Waals surface area contributed by atoms with Gasteiger partial charge in [-0.2, -0.15) is 5.10 Å². The van der Waals surface area contributed by atoms with Gasteiger partial charge in [0.05, 0.1) is 11.9 Å². The fraction of sp³-hybridized carbons (Fsp3) is 0.417. The summed E-state index contributed by atoms with van der Waals surface area (Å²) in [6.07, 6.45) is 1.87. The normalized spacial score (nSPS) is 10.8. The maximum Gasteiger partial charge on any atom is 0.251 e. The van der Waals surface area contributed by atoms with Gasteiger partial charge in [0.25, 0.3) is 5.56 Å². The van der Waals surface area contributed by atoms with Gasteiger partial charge < -0.3 is 4.98 Å². The van der Waals surface area contributed by atoms with Gasteiger partial charge in [-0.1, -0.05) is 11.8 Å². The first kappa shape index (κ1) is 12.9. The summed E-state index contributed by atoms with van der Waals surface area (Å²) >= 11 is 1.52. The second kappa shape index (κ2) is 5.39. The number of aromatic nitrogens is 4. The van der Waals surface area contributed by atoms with E-state index < -0.39 is 0 Å². The van der Waals surface area contributed by atoms with E-state index in [1.165, 1.54) is 29.1 Å². The molecule has 0 saturated heterocycles. The van der Waals surface area contributed by atoms with Gasteiger partial charge in [0, 0.05) is 24.1 Å². The molecular weight excluding hydrogens is 248 g/mol. The van der Waals surface area contributed by atoms with Crippen molar-refractivity contribution >= 4 is 11.8 Å². The summed E-state index contributed by atoms with van der Waals surface area (Å²) in [6, 6.07) is 1.49. The third kappa shape index (κ3) is 2.81. The Morgan fingerprint density at radius 3 is 2.89 bits per heavy atom. The molecule has 0 radical (unpaired) electrons. The van der Waals surface area contributed by atoms with Crippen LogP contribution in [0, 0.1) is 13.8 Å². The Hall–Kier alpha value is -1.56. The summed E-state index contributed by atoms with van der Waals surface area (Å²) in [5.74, 6) is 0.756. The Balaban J connectivity index is 2.16. The highest BCUT2D eigenvalue weighted by Crippen LogP contribution is 2.20. The van der Waals surface area contributed by atoms with Crippen LogP contribution in [0.2, 0.25) is 0 Å². The molecule has 0 aliphatic heterocycles. The van der Waals surface area contributed by atoms with E-state index in [4.69, 9.17) is 0 Å². The van der Waals surface area contributed by atoms with E-state index >= 15 is 0 Å². The average Bonchev–Trinajstić information content (AvgIpc) is 2.66. The van der Waals surface area contributed by atoms with Crippen molar-refractivity contribution in [3.8, 4) is 0 Å². The van der Waals surface area contributed by atoms with Crippen LogP contribution < -0.4 is 5.56 Å². The zero-order valence-electron chi connectivity index (χ0n) is 10.7. The lowest BCUT2D eigenvalue weighted by molar-refractivity contribution is 0.636. The lowest BCUT2D eigenvalue weighted by Crippen LogP contribution is -2.08. The number of rotatable bonds is 4. The Bertz CT molecular complexity index is 602. The molecule has 0 unspecified atom stereocenters. The molecule has 18 heavy (non-hydrogen) atoms. The SMILES string of the molecule is CCn1ncc(C)c1CSc1nc(C)cc(=O)[nH]1. The number of nitrogens with zero attached hydrogens (tertiary/aromatic N) is 3. The second-order valence-electron chi connectivity index (χ2n) is 4.07. The van der Waals surface area contributed by atoms with Crippen LogP contribution in [0.3, 0.4) is 0 Å². The summed E-state index contributed by atoms with van der Waals surface area (Å²) in [6.45, 7) is 6.78. The first-order chi connectivity index (χ1) is 8.60. The Kier molecular flexibility index (Phi) is 3.86. The standard InChI is InChI=1S/C12H16N4OS/c1-4-16-10(8(2)6-13-16)7-18-12-14-9(3)5-11(17)15-12/h5-6H,4,7H2,1-3H3,(H,14,15,17). The summed E-state index contributed by atoms with van der Waals surface area (Å²) in [5.41, 5.74) is 2.97. The van der Waals surface area contributed by atoms with Gasteiger partial charge in [-0.15, -0.1) is 0 Å². The van der Waals surface area contributed by atoms with Gasteiger partial charge in [-0.25, -0.2) is 4.98 Å². The number of hydrogen-bond donors (Lipinski definition) is 1. The van der Waals surface area contributed by atoms with E-state index in [1.54, 1.807) is 0 Å². The monoisotopic (exact) mass is 264 g/mol. The highest BCUT2D eigenvalue weighted by Gasteiger charge is 2.08. The van der Waals surface area contributed by atoms with Gasteiger partial charge in [0.2, 0.25) is 0 Å². The minimum Gasteiger partial charge on any atom is -0.301 e. The number of H-pyrrole nitrogens is 1. The molecule has 2 aromatic heterocycles. The van der Waals surface area contributed by atoms with Gasteiger partial charge in [0.15, 0.2) is 5.16 Å². The summed E-state index contributed by atoms with van der Waals surface area (Å²) < 4.78 is 1.97. The van der Waals surface area contributed by atoms with Crippen molar-refractivity contribution in [1.29, 1.82) is 0 Å². The first-order valence-corrected chi connectivity index (χ1v) is 6.80. The highest BCUT2D eigenvalue weighted by atomic mass is 32.2. The Morgan fingerprint density at radius 2 is 2.22 bits per heavy atom. The van der Waals surface area contributed by atoms with Gasteiger partial charge in [-0.05, 0) is 26.3 Å². The zero-order valence-corrected chi connectivity index (χ0v) is 11.5. The van der Waals surface area contributed by atoms with Crippen LogP contribution in [-0.4, -0.2) is 19.7 Å². The van der Waals surface area contributed by atoms with Crippen LogP contribution in [-0.2, 0) is 12.3 Å². The van der Waals surface area contributed by atoms with Crippen LogP contribution in [0.1, 0.15) is 23.9 Å². The lowest BCUT2D eigenvalue weighted by Gasteiger charge is -2.06. The smallest absolute Gasteiger partial charge is 0.251 e. The van der Waals surface area contributed by atoms with Crippen LogP contribution >= 0.6 is 11.8 Å². The van der Waals surface area contributed by atoms with Gasteiger partial charge >= 0.3 is 0 Å². The molecule has 2 rings (SSSR count). The van der Waals surface area contributed by atoms with Crippen molar-refractivity contribution in [3.63, 3.8) is 0 Å². The largest absolute Gasteiger partial charge is 0.301 e. The zero-order chi connectivity index (χ0) is 13.1. The predicted octanol–water partition coefficient (Wildman–Crippen LogP) is 1.90. The third-order valence-corrected chi connectivity index (χ3v) is 3.54. The number of aromatic amines is 1. The lowest BCUT2D eigenvalue weighted by atomic mass is 10.3. The second-order valence-corrected chi connectivity index (χ2v) is 5.03. The van der Waals surface area contributed by atoms with Gasteiger partial charge in [0.1, 0.15) is 0 Å². The number of aryl methyl sites for hydroxylation is 3. The summed E-state index contributed by atoms with van der Waals surface area (Å²) in [5, 5.41) is 4.95. The van der Waals surface area contributed by atoms with E-state index in [0.29, 0.717) is 5.16 Å². The Labute approximate surface area is 110 Å². The highest BCUT2D eigenvalue weighted by molar-refractivity contribution is 7.98. The van der Waals surface area contributed by atoms with Crippen LogP contribution in [0.4, 0.5) is 0 Å². The quantitative estimate of drug-likeness (QED) is 0.676. The van der Waals surface area contributed by atoms with Crippen molar-refractivity contribution in [3.05, 3.63) is 39.6 Å². The molecular formula is C12H16N4OS. The maximum atomic E-state index is 11.3. The van der Waals surface area contributed by atoms with E-state index in [9.17, 15) is 4.79 Å². The fourth-order valence-electron chi connectivity index (χ4n) is 1.72. The molecule has 0 spiro atoms. The molecule has 2 aromatic rings.